The molecule has 35 heavy (non-hydrogen) atoms. The second-order valence-corrected chi connectivity index (χ2v) is 7.57. The Morgan fingerprint density at radius 3 is 2.63 bits per heavy atom. The number of anilines is 3. The van der Waals surface area contributed by atoms with Gasteiger partial charge in [-0.25, -0.2) is 15.4 Å². The van der Waals surface area contributed by atoms with Crippen LogP contribution in [0.1, 0.15) is 31.2 Å². The normalized spacial score (nSPS) is 10.4. The summed E-state index contributed by atoms with van der Waals surface area (Å²) in [5.41, 5.74) is 4.15. The zero-order valence-corrected chi connectivity index (χ0v) is 19.3. The summed E-state index contributed by atoms with van der Waals surface area (Å²) in [6.45, 7) is 0.663. The lowest BCUT2D eigenvalue weighted by Gasteiger charge is -2.15. The van der Waals surface area contributed by atoms with Crippen molar-refractivity contribution in [3.63, 3.8) is 0 Å². The lowest BCUT2D eigenvalue weighted by atomic mass is 10.1. The highest BCUT2D eigenvalue weighted by molar-refractivity contribution is 5.99. The first-order valence-corrected chi connectivity index (χ1v) is 11.0. The van der Waals surface area contributed by atoms with Crippen LogP contribution < -0.4 is 20.9 Å². The van der Waals surface area contributed by atoms with Crippen molar-refractivity contribution < 1.29 is 24.3 Å². The number of benzene rings is 2. The quantitative estimate of drug-likeness (QED) is 0.135. The van der Waals surface area contributed by atoms with Gasteiger partial charge >= 0.3 is 0 Å². The van der Waals surface area contributed by atoms with Crippen LogP contribution in [0.15, 0.2) is 42.7 Å². The van der Waals surface area contributed by atoms with E-state index < -0.39 is 5.91 Å². The van der Waals surface area contributed by atoms with Crippen LogP contribution in [0, 0.1) is 12.3 Å². The number of hydroxylamine groups is 1. The van der Waals surface area contributed by atoms with Crippen molar-refractivity contribution >= 4 is 39.9 Å². The number of amides is 2. The fraction of sp³-hybridized carbons (Fsp3) is 0.280. The molecule has 2 amide bonds. The highest BCUT2D eigenvalue weighted by atomic mass is 16.5. The monoisotopic (exact) mass is 477 g/mol. The summed E-state index contributed by atoms with van der Waals surface area (Å²) < 4.78 is 10.9. The SMILES string of the molecule is C#Cc1cccc(Nc2ncnc3cc(OCCOC)c(NC(=O)CCCCC(=O)NO)cc23)c1. The number of aromatic nitrogens is 2. The Labute approximate surface area is 203 Å². The Balaban J connectivity index is 1.84. The predicted molar refractivity (Wildman–Crippen MR) is 132 cm³/mol. The second-order valence-electron chi connectivity index (χ2n) is 7.57. The third kappa shape index (κ3) is 7.40. The van der Waals surface area contributed by atoms with Gasteiger partial charge in [0.2, 0.25) is 11.8 Å². The molecule has 1 heterocycles. The smallest absolute Gasteiger partial charge is 0.243 e. The van der Waals surface area contributed by atoms with E-state index in [-0.39, 0.29) is 25.4 Å². The molecule has 0 aliphatic heterocycles. The summed E-state index contributed by atoms with van der Waals surface area (Å²) in [5, 5.41) is 15.4. The van der Waals surface area contributed by atoms with E-state index in [1.165, 1.54) is 6.33 Å². The summed E-state index contributed by atoms with van der Waals surface area (Å²) >= 11 is 0. The minimum Gasteiger partial charge on any atom is -0.489 e. The minimum absolute atomic E-state index is 0.137. The molecule has 3 rings (SSSR count). The van der Waals surface area contributed by atoms with Crippen molar-refractivity contribution in [2.75, 3.05) is 31.0 Å². The van der Waals surface area contributed by atoms with Crippen molar-refractivity contribution in [1.82, 2.24) is 15.4 Å². The summed E-state index contributed by atoms with van der Waals surface area (Å²) in [6, 6.07) is 10.9. The van der Waals surface area contributed by atoms with Gasteiger partial charge in [-0.05, 0) is 37.1 Å². The number of ether oxygens (including phenoxy) is 2. The van der Waals surface area contributed by atoms with Gasteiger partial charge in [-0.2, -0.15) is 0 Å². The van der Waals surface area contributed by atoms with E-state index in [0.29, 0.717) is 47.6 Å². The Morgan fingerprint density at radius 1 is 1.09 bits per heavy atom. The molecular formula is C25H27N5O5. The molecule has 3 aromatic rings. The number of hydrogen-bond donors (Lipinski definition) is 4. The second kappa shape index (κ2) is 12.9. The fourth-order valence-corrected chi connectivity index (χ4v) is 3.30. The predicted octanol–water partition coefficient (Wildman–Crippen LogP) is 3.38. The van der Waals surface area contributed by atoms with Gasteiger partial charge < -0.3 is 20.1 Å². The van der Waals surface area contributed by atoms with Gasteiger partial charge in [-0.3, -0.25) is 14.8 Å². The van der Waals surface area contributed by atoms with Crippen molar-refractivity contribution in [2.24, 2.45) is 0 Å². The van der Waals surface area contributed by atoms with Crippen LogP contribution in [-0.2, 0) is 14.3 Å². The maximum absolute atomic E-state index is 12.6. The van der Waals surface area contributed by atoms with Crippen LogP contribution in [0.2, 0.25) is 0 Å². The molecule has 0 aliphatic carbocycles. The van der Waals surface area contributed by atoms with Gasteiger partial charge in [0.25, 0.3) is 0 Å². The number of methoxy groups -OCH3 is 1. The van der Waals surface area contributed by atoms with Crippen molar-refractivity contribution in [1.29, 1.82) is 0 Å². The number of nitrogens with zero attached hydrogens (tertiary/aromatic N) is 2. The Kier molecular flexibility index (Phi) is 9.36. The zero-order chi connectivity index (χ0) is 25.0. The van der Waals surface area contributed by atoms with Crippen molar-refractivity contribution in [3.8, 4) is 18.1 Å². The molecule has 10 heteroatoms. The van der Waals surface area contributed by atoms with E-state index in [1.54, 1.807) is 24.7 Å². The van der Waals surface area contributed by atoms with Crippen LogP contribution >= 0.6 is 0 Å². The fourth-order valence-electron chi connectivity index (χ4n) is 3.30. The number of unbranched alkanes of at least 4 members (excludes halogenated alkanes) is 1. The zero-order valence-electron chi connectivity index (χ0n) is 19.3. The number of rotatable bonds is 12. The molecule has 0 radical (unpaired) electrons. The largest absolute Gasteiger partial charge is 0.489 e. The maximum Gasteiger partial charge on any atom is 0.243 e. The van der Waals surface area contributed by atoms with Gasteiger partial charge in [0, 0.05) is 42.7 Å². The first kappa shape index (κ1) is 25.4. The summed E-state index contributed by atoms with van der Waals surface area (Å²) in [4.78, 5) is 32.4. The number of nitrogens with one attached hydrogen (secondary N) is 3. The Morgan fingerprint density at radius 2 is 1.89 bits per heavy atom. The molecule has 0 aliphatic rings. The van der Waals surface area contributed by atoms with Crippen LogP contribution in [0.4, 0.5) is 17.2 Å². The van der Waals surface area contributed by atoms with Gasteiger partial charge in [-0.15, -0.1) is 6.42 Å². The van der Waals surface area contributed by atoms with Gasteiger partial charge in [0.05, 0.1) is 17.8 Å². The summed E-state index contributed by atoms with van der Waals surface area (Å²) in [6.07, 6.45) is 8.22. The van der Waals surface area contributed by atoms with Crippen LogP contribution in [0.25, 0.3) is 10.9 Å². The number of hydrogen-bond acceptors (Lipinski definition) is 8. The molecule has 10 nitrogen and oxygen atoms in total. The van der Waals surface area contributed by atoms with Crippen molar-refractivity contribution in [2.45, 2.75) is 25.7 Å². The molecule has 182 valence electrons. The third-order valence-electron chi connectivity index (χ3n) is 5.03. The molecule has 0 saturated heterocycles. The number of terminal acetylenes is 1. The topological polar surface area (TPSA) is 135 Å². The summed E-state index contributed by atoms with van der Waals surface area (Å²) in [7, 11) is 1.57. The molecule has 0 saturated carbocycles. The summed E-state index contributed by atoms with van der Waals surface area (Å²) in [5.74, 6) is 2.87. The highest BCUT2D eigenvalue weighted by Gasteiger charge is 2.14. The maximum atomic E-state index is 12.6. The standard InChI is InChI=1S/C25H27N5O5/c1-3-17-7-6-8-18(13-17)28-25-19-14-21(29-23(31)9-4-5-10-24(32)30-33)22(35-12-11-34-2)15-20(19)26-16-27-25/h1,6-8,13-16,33H,4-5,9-12H2,2H3,(H,29,31)(H,30,32)(H,26,27,28). The molecule has 0 spiro atoms. The average molecular weight is 478 g/mol. The number of carbonyl (C=O) groups is 2. The van der Waals surface area contributed by atoms with E-state index in [1.807, 2.05) is 24.3 Å². The lowest BCUT2D eigenvalue weighted by molar-refractivity contribution is -0.129. The van der Waals surface area contributed by atoms with E-state index >= 15 is 0 Å². The highest BCUT2D eigenvalue weighted by Crippen LogP contribution is 2.33. The van der Waals surface area contributed by atoms with Gasteiger partial charge in [0.1, 0.15) is 24.5 Å². The first-order valence-electron chi connectivity index (χ1n) is 11.0. The van der Waals surface area contributed by atoms with Crippen LogP contribution in [0.5, 0.6) is 5.75 Å². The van der Waals surface area contributed by atoms with E-state index in [9.17, 15) is 9.59 Å². The Hall–Kier alpha value is -4.20. The van der Waals surface area contributed by atoms with Gasteiger partial charge in [-0.1, -0.05) is 12.0 Å². The lowest BCUT2D eigenvalue weighted by Crippen LogP contribution is -2.18. The number of fused-ring (bicyclic) bond motifs is 1. The third-order valence-corrected chi connectivity index (χ3v) is 5.03. The van der Waals surface area contributed by atoms with E-state index in [2.05, 4.69) is 26.5 Å². The molecule has 1 aromatic heterocycles. The molecule has 4 N–H and O–H groups in total. The average Bonchev–Trinajstić information content (AvgIpc) is 2.87. The molecular weight excluding hydrogens is 450 g/mol. The van der Waals surface area contributed by atoms with E-state index in [0.717, 1.165) is 11.3 Å². The minimum atomic E-state index is -0.485. The van der Waals surface area contributed by atoms with Crippen LogP contribution in [0.3, 0.4) is 0 Å². The molecule has 0 fully saturated rings. The molecule has 2 aromatic carbocycles. The first-order chi connectivity index (χ1) is 17.0. The molecule has 0 atom stereocenters. The van der Waals surface area contributed by atoms with Crippen molar-refractivity contribution in [3.05, 3.63) is 48.3 Å². The molecule has 0 unspecified atom stereocenters. The van der Waals surface area contributed by atoms with E-state index in [4.69, 9.17) is 21.1 Å². The molecule has 0 bridgehead atoms. The number of carbonyl (C=O) groups excluding carboxylic acids is 2. The van der Waals surface area contributed by atoms with Gasteiger partial charge in [0.15, 0.2) is 0 Å². The van der Waals surface area contributed by atoms with Crippen LogP contribution in [-0.4, -0.2) is 47.3 Å². The Bertz CT molecular complexity index is 1220.